The third kappa shape index (κ3) is 4.79. The van der Waals surface area contributed by atoms with E-state index in [1.807, 2.05) is 19.9 Å². The van der Waals surface area contributed by atoms with Crippen LogP contribution in [0.15, 0.2) is 48.7 Å². The van der Waals surface area contributed by atoms with Gasteiger partial charge in [0.1, 0.15) is 5.82 Å². The van der Waals surface area contributed by atoms with Crippen LogP contribution in [0.5, 0.6) is 0 Å². The number of aryl methyl sites for hydroxylation is 1. The lowest BCUT2D eigenvalue weighted by atomic mass is 10.1. The maximum absolute atomic E-state index is 13.8. The first-order valence-electron chi connectivity index (χ1n) is 9.51. The summed E-state index contributed by atoms with van der Waals surface area (Å²) in [4.78, 5) is 26.0. The van der Waals surface area contributed by atoms with E-state index in [4.69, 9.17) is 0 Å². The number of alkyl halides is 3. The topological polar surface area (TPSA) is 67.2 Å². The molecule has 3 rings (SSSR count). The van der Waals surface area contributed by atoms with Gasteiger partial charge in [0.25, 0.3) is 5.91 Å². The van der Waals surface area contributed by atoms with E-state index in [-0.39, 0.29) is 5.69 Å². The molecule has 6 nitrogen and oxygen atoms in total. The van der Waals surface area contributed by atoms with Crippen molar-refractivity contribution >= 4 is 17.5 Å². The smallest absolute Gasteiger partial charge is 0.332 e. The van der Waals surface area contributed by atoms with E-state index in [1.54, 1.807) is 12.1 Å². The predicted molar refractivity (Wildman–Crippen MR) is 110 cm³/mol. The molecule has 1 N–H and O–H groups in total. The zero-order valence-electron chi connectivity index (χ0n) is 17.5. The van der Waals surface area contributed by atoms with Crippen molar-refractivity contribution in [2.75, 3.05) is 18.9 Å². The molecule has 1 heterocycles. The number of nitrogens with one attached hydrogen (secondary N) is 1. The van der Waals surface area contributed by atoms with Crippen LogP contribution in [0, 0.1) is 19.7 Å². The molecule has 10 heteroatoms. The van der Waals surface area contributed by atoms with Crippen LogP contribution in [-0.2, 0) is 11.0 Å². The summed E-state index contributed by atoms with van der Waals surface area (Å²) in [6.07, 6.45) is -4.13. The fourth-order valence-corrected chi connectivity index (χ4v) is 3.12. The number of nitrogens with zero attached hydrogens (tertiary/aromatic N) is 3. The molecule has 0 aliphatic heterocycles. The molecule has 0 saturated carbocycles. The molecular weight excluding hydrogens is 428 g/mol. The molecule has 0 unspecified atom stereocenters. The Morgan fingerprint density at radius 2 is 1.75 bits per heavy atom. The van der Waals surface area contributed by atoms with Gasteiger partial charge in [-0.1, -0.05) is 12.1 Å². The van der Waals surface area contributed by atoms with Crippen LogP contribution in [0.2, 0.25) is 0 Å². The van der Waals surface area contributed by atoms with Gasteiger partial charge in [-0.15, -0.1) is 0 Å². The molecule has 1 aromatic heterocycles. The highest BCUT2D eigenvalue weighted by molar-refractivity contribution is 6.00. The highest BCUT2D eigenvalue weighted by Crippen LogP contribution is 2.34. The highest BCUT2D eigenvalue weighted by atomic mass is 19.4. The molecule has 0 aliphatic carbocycles. The van der Waals surface area contributed by atoms with Crippen molar-refractivity contribution in [3.05, 3.63) is 76.9 Å². The van der Waals surface area contributed by atoms with Crippen molar-refractivity contribution in [2.45, 2.75) is 20.0 Å². The molecule has 0 radical (unpaired) electrons. The number of halogens is 4. The van der Waals surface area contributed by atoms with Crippen molar-refractivity contribution in [3.63, 3.8) is 0 Å². The molecule has 0 bridgehead atoms. The molecule has 0 saturated heterocycles. The van der Waals surface area contributed by atoms with Crippen LogP contribution in [0.4, 0.5) is 23.2 Å². The van der Waals surface area contributed by atoms with Crippen molar-refractivity contribution in [3.8, 4) is 5.69 Å². The van der Waals surface area contributed by atoms with Crippen molar-refractivity contribution in [1.82, 2.24) is 14.7 Å². The summed E-state index contributed by atoms with van der Waals surface area (Å²) in [7, 11) is 1.22. The molecule has 0 aliphatic rings. The molecular formula is C22H20F4N4O2. The first-order valence-corrected chi connectivity index (χ1v) is 9.51. The number of carbonyl (C=O) groups excluding carboxylic acids is 2. The second-order valence-corrected chi connectivity index (χ2v) is 7.25. The summed E-state index contributed by atoms with van der Waals surface area (Å²) in [5.74, 6) is -2.21. The highest BCUT2D eigenvalue weighted by Gasteiger charge is 2.41. The van der Waals surface area contributed by atoms with Gasteiger partial charge in [-0.3, -0.25) is 9.59 Å². The number of amides is 2. The van der Waals surface area contributed by atoms with E-state index in [2.05, 4.69) is 10.4 Å². The minimum absolute atomic E-state index is 0.0620. The Labute approximate surface area is 181 Å². The quantitative estimate of drug-likeness (QED) is 0.590. The normalized spacial score (nSPS) is 11.3. The number of rotatable bonds is 5. The lowest BCUT2D eigenvalue weighted by molar-refractivity contribution is -0.143. The zero-order chi connectivity index (χ0) is 23.6. The average molecular weight is 448 g/mol. The first kappa shape index (κ1) is 23.0. The van der Waals surface area contributed by atoms with Crippen molar-refractivity contribution in [1.29, 1.82) is 0 Å². The maximum atomic E-state index is 13.8. The molecule has 0 atom stereocenters. The second-order valence-electron chi connectivity index (χ2n) is 7.25. The fourth-order valence-electron chi connectivity index (χ4n) is 3.12. The van der Waals surface area contributed by atoms with Crippen molar-refractivity contribution in [2.24, 2.45) is 0 Å². The Morgan fingerprint density at radius 3 is 2.38 bits per heavy atom. The number of hydrogen-bond donors (Lipinski definition) is 1. The van der Waals surface area contributed by atoms with Gasteiger partial charge in [0, 0.05) is 12.7 Å². The summed E-state index contributed by atoms with van der Waals surface area (Å²) < 4.78 is 55.0. The monoisotopic (exact) mass is 448 g/mol. The van der Waals surface area contributed by atoms with Gasteiger partial charge in [-0.05, 0) is 55.3 Å². The predicted octanol–water partition coefficient (Wildman–Crippen LogP) is 4.36. The number of anilines is 1. The lowest BCUT2D eigenvalue weighted by Gasteiger charge is -2.19. The first-order chi connectivity index (χ1) is 15.0. The lowest BCUT2D eigenvalue weighted by Crippen LogP contribution is -2.36. The number of aromatic nitrogens is 2. The van der Waals surface area contributed by atoms with Crippen LogP contribution in [0.25, 0.3) is 5.69 Å². The Hall–Kier alpha value is -3.69. The van der Waals surface area contributed by atoms with E-state index in [0.717, 1.165) is 46.5 Å². The summed E-state index contributed by atoms with van der Waals surface area (Å²) >= 11 is 0. The van der Waals surface area contributed by atoms with Gasteiger partial charge in [0.2, 0.25) is 5.91 Å². The summed E-state index contributed by atoms with van der Waals surface area (Å²) in [6.45, 7) is 3.22. The van der Waals surface area contributed by atoms with Crippen LogP contribution in [0.3, 0.4) is 0 Å². The Morgan fingerprint density at radius 1 is 1.09 bits per heavy atom. The minimum Gasteiger partial charge on any atom is -0.332 e. The van der Waals surface area contributed by atoms with Gasteiger partial charge in [0.15, 0.2) is 5.69 Å². The number of hydrogen-bond acceptors (Lipinski definition) is 3. The summed E-state index contributed by atoms with van der Waals surface area (Å²) in [5, 5.41) is 6.34. The molecule has 2 amide bonds. The van der Waals surface area contributed by atoms with Gasteiger partial charge in [-0.2, -0.15) is 18.3 Å². The molecule has 2 aromatic carbocycles. The van der Waals surface area contributed by atoms with Crippen LogP contribution in [-0.4, -0.2) is 40.1 Å². The standard InChI is InChI=1S/C22H20F4N4O2/c1-13-5-4-6-18(14(13)2)28-19(31)12-29(3)21(32)17-11-27-30(20(17)22(24,25)26)16-9-7-15(23)8-10-16/h4-11H,12H2,1-3H3,(H,28,31). The SMILES string of the molecule is Cc1cccc(NC(=O)CN(C)C(=O)c2cnn(-c3ccc(F)cc3)c2C(F)(F)F)c1C. The third-order valence-corrected chi connectivity index (χ3v) is 4.95. The van der Waals surface area contributed by atoms with E-state index in [1.165, 1.54) is 7.05 Å². The average Bonchev–Trinajstić information content (AvgIpc) is 3.17. The van der Waals surface area contributed by atoms with Gasteiger partial charge in [0.05, 0.1) is 24.0 Å². The van der Waals surface area contributed by atoms with Crippen LogP contribution >= 0.6 is 0 Å². The number of likely N-dealkylation sites (N-methyl/N-ethyl adjacent to an activating group) is 1. The van der Waals surface area contributed by atoms with Gasteiger partial charge in [-0.25, -0.2) is 9.07 Å². The van der Waals surface area contributed by atoms with E-state index < -0.39 is 41.6 Å². The number of carbonyl (C=O) groups is 2. The van der Waals surface area contributed by atoms with Crippen LogP contribution in [0.1, 0.15) is 27.2 Å². The van der Waals surface area contributed by atoms with E-state index in [0.29, 0.717) is 10.4 Å². The minimum atomic E-state index is -4.92. The van der Waals surface area contributed by atoms with E-state index in [9.17, 15) is 27.2 Å². The van der Waals surface area contributed by atoms with E-state index >= 15 is 0 Å². The number of benzene rings is 2. The van der Waals surface area contributed by atoms with Crippen LogP contribution < -0.4 is 5.32 Å². The largest absolute Gasteiger partial charge is 0.434 e. The van der Waals surface area contributed by atoms with Crippen molar-refractivity contribution < 1.29 is 27.2 Å². The zero-order valence-corrected chi connectivity index (χ0v) is 17.5. The summed E-state index contributed by atoms with van der Waals surface area (Å²) in [5.41, 5.74) is 0.258. The Bertz CT molecular complexity index is 1150. The fraction of sp³-hybridized carbons (Fsp3) is 0.227. The van der Waals surface area contributed by atoms with Gasteiger partial charge < -0.3 is 10.2 Å². The second kappa shape index (κ2) is 8.81. The molecule has 0 fully saturated rings. The summed E-state index contributed by atoms with van der Waals surface area (Å²) in [6, 6.07) is 9.53. The Kier molecular flexibility index (Phi) is 6.33. The third-order valence-electron chi connectivity index (χ3n) is 4.95. The van der Waals surface area contributed by atoms with Gasteiger partial charge >= 0.3 is 6.18 Å². The molecule has 168 valence electrons. The Balaban J connectivity index is 1.84. The molecule has 32 heavy (non-hydrogen) atoms. The molecule has 3 aromatic rings. The maximum Gasteiger partial charge on any atom is 0.434 e. The molecule has 0 spiro atoms.